The molecule has 0 bridgehead atoms. The summed E-state index contributed by atoms with van der Waals surface area (Å²) in [5.41, 5.74) is 0.634. The Balaban J connectivity index is 2.02. The Bertz CT molecular complexity index is 514. The van der Waals surface area contributed by atoms with Crippen LogP contribution in [0.5, 0.6) is 17.2 Å². The van der Waals surface area contributed by atoms with E-state index >= 15 is 0 Å². The summed E-state index contributed by atoms with van der Waals surface area (Å²) in [5.74, 6) is 2.28. The van der Waals surface area contributed by atoms with Gasteiger partial charge in [-0.05, 0) is 31.8 Å². The van der Waals surface area contributed by atoms with Crippen LogP contribution in [0, 0.1) is 5.92 Å². The molecule has 0 aromatic heterocycles. The van der Waals surface area contributed by atoms with Crippen molar-refractivity contribution >= 4 is 11.6 Å². The van der Waals surface area contributed by atoms with Crippen LogP contribution in [0.3, 0.4) is 0 Å². The lowest BCUT2D eigenvalue weighted by Crippen LogP contribution is -2.38. The Kier molecular flexibility index (Phi) is 6.10. The summed E-state index contributed by atoms with van der Waals surface area (Å²) in [5, 5.41) is 2.91. The first kappa shape index (κ1) is 17.4. The van der Waals surface area contributed by atoms with Crippen molar-refractivity contribution in [1.29, 1.82) is 0 Å². The normalized spacial score (nSPS) is 16.0. The third-order valence-corrected chi connectivity index (χ3v) is 4.19. The maximum atomic E-state index is 12.3. The van der Waals surface area contributed by atoms with E-state index in [1.807, 2.05) is 0 Å². The molecular formula is C17H26N2O4. The lowest BCUT2D eigenvalue weighted by Gasteiger charge is -2.29. The zero-order valence-corrected chi connectivity index (χ0v) is 14.3. The molecule has 0 spiro atoms. The van der Waals surface area contributed by atoms with Crippen molar-refractivity contribution in [3.63, 3.8) is 0 Å². The quantitative estimate of drug-likeness (QED) is 0.871. The van der Waals surface area contributed by atoms with E-state index in [0.29, 0.717) is 29.5 Å². The summed E-state index contributed by atoms with van der Waals surface area (Å²) >= 11 is 0. The predicted molar refractivity (Wildman–Crippen MR) is 89.6 cm³/mol. The number of carbonyl (C=O) groups excluding carboxylic acids is 1. The van der Waals surface area contributed by atoms with Crippen molar-refractivity contribution in [3.8, 4) is 17.2 Å². The zero-order chi connectivity index (χ0) is 16.8. The largest absolute Gasteiger partial charge is 0.493 e. The highest BCUT2D eigenvalue weighted by Gasteiger charge is 2.19. The van der Waals surface area contributed by atoms with Crippen molar-refractivity contribution in [2.45, 2.75) is 19.8 Å². The van der Waals surface area contributed by atoms with Gasteiger partial charge >= 0.3 is 0 Å². The Morgan fingerprint density at radius 3 is 2.17 bits per heavy atom. The third kappa shape index (κ3) is 4.51. The van der Waals surface area contributed by atoms with Gasteiger partial charge in [-0.1, -0.05) is 6.92 Å². The first-order valence-corrected chi connectivity index (χ1v) is 7.89. The maximum absolute atomic E-state index is 12.3. The molecule has 0 atom stereocenters. The number of rotatable bonds is 6. The molecular weight excluding hydrogens is 296 g/mol. The number of anilines is 1. The lowest BCUT2D eigenvalue weighted by atomic mass is 9.99. The number of piperidine rings is 1. The zero-order valence-electron chi connectivity index (χ0n) is 14.3. The van der Waals surface area contributed by atoms with Crippen LogP contribution >= 0.6 is 0 Å². The molecule has 1 amide bonds. The van der Waals surface area contributed by atoms with Crippen LogP contribution in [0.1, 0.15) is 19.8 Å². The molecule has 1 aliphatic rings. The number of hydrogen-bond acceptors (Lipinski definition) is 5. The van der Waals surface area contributed by atoms with Crippen LogP contribution < -0.4 is 19.5 Å². The van der Waals surface area contributed by atoms with Crippen LogP contribution in [0.25, 0.3) is 0 Å². The Hall–Kier alpha value is -1.95. The van der Waals surface area contributed by atoms with Crippen molar-refractivity contribution < 1.29 is 19.0 Å². The van der Waals surface area contributed by atoms with Crippen LogP contribution in [0.4, 0.5) is 5.69 Å². The molecule has 0 radical (unpaired) electrons. The molecule has 0 unspecified atom stereocenters. The number of ether oxygens (including phenoxy) is 3. The van der Waals surface area contributed by atoms with E-state index in [9.17, 15) is 4.79 Å². The standard InChI is InChI=1S/C17H26N2O4/c1-12-5-7-19(8-6-12)11-16(20)18-13-9-14(21-2)17(23-4)15(10-13)22-3/h9-10,12H,5-8,11H2,1-4H3,(H,18,20). The fraction of sp³-hybridized carbons (Fsp3) is 0.588. The molecule has 6 heteroatoms. The highest BCUT2D eigenvalue weighted by molar-refractivity contribution is 5.93. The number of hydrogen-bond donors (Lipinski definition) is 1. The summed E-state index contributed by atoms with van der Waals surface area (Å²) in [6.45, 7) is 4.62. The second-order valence-corrected chi connectivity index (χ2v) is 5.92. The molecule has 2 rings (SSSR count). The summed E-state index contributed by atoms with van der Waals surface area (Å²) in [6.07, 6.45) is 2.30. The summed E-state index contributed by atoms with van der Waals surface area (Å²) < 4.78 is 15.9. The predicted octanol–water partition coefficient (Wildman–Crippen LogP) is 2.38. The average Bonchev–Trinajstić information content (AvgIpc) is 2.55. The smallest absolute Gasteiger partial charge is 0.238 e. The van der Waals surface area contributed by atoms with Gasteiger partial charge in [-0.15, -0.1) is 0 Å². The third-order valence-electron chi connectivity index (χ3n) is 4.19. The minimum absolute atomic E-state index is 0.0335. The van der Waals surface area contributed by atoms with Crippen molar-refractivity contribution in [2.75, 3.05) is 46.3 Å². The minimum Gasteiger partial charge on any atom is -0.493 e. The van der Waals surface area contributed by atoms with Gasteiger partial charge in [0.2, 0.25) is 11.7 Å². The van der Waals surface area contributed by atoms with Gasteiger partial charge in [0.05, 0.1) is 27.9 Å². The molecule has 1 heterocycles. The van der Waals surface area contributed by atoms with Crippen LogP contribution in [0.15, 0.2) is 12.1 Å². The maximum Gasteiger partial charge on any atom is 0.238 e. The number of likely N-dealkylation sites (tertiary alicyclic amines) is 1. The molecule has 1 N–H and O–H groups in total. The first-order valence-electron chi connectivity index (χ1n) is 7.89. The van der Waals surface area contributed by atoms with Crippen LogP contribution in [-0.4, -0.2) is 51.8 Å². The van der Waals surface area contributed by atoms with E-state index in [4.69, 9.17) is 14.2 Å². The van der Waals surface area contributed by atoms with Gasteiger partial charge in [0.15, 0.2) is 11.5 Å². The fourth-order valence-electron chi connectivity index (χ4n) is 2.78. The van der Waals surface area contributed by atoms with Crippen LogP contribution in [-0.2, 0) is 4.79 Å². The van der Waals surface area contributed by atoms with E-state index in [-0.39, 0.29) is 5.91 Å². The fourth-order valence-corrected chi connectivity index (χ4v) is 2.78. The molecule has 1 aromatic carbocycles. The van der Waals surface area contributed by atoms with Crippen molar-refractivity contribution in [3.05, 3.63) is 12.1 Å². The number of carbonyl (C=O) groups is 1. The molecule has 1 aliphatic heterocycles. The van der Waals surface area contributed by atoms with Gasteiger partial charge in [0, 0.05) is 17.8 Å². The van der Waals surface area contributed by atoms with Gasteiger partial charge in [0.25, 0.3) is 0 Å². The highest BCUT2D eigenvalue weighted by Crippen LogP contribution is 2.39. The monoisotopic (exact) mass is 322 g/mol. The van der Waals surface area contributed by atoms with Gasteiger partial charge < -0.3 is 19.5 Å². The Labute approximate surface area is 137 Å². The molecule has 1 saturated heterocycles. The Morgan fingerprint density at radius 1 is 1.13 bits per heavy atom. The second kappa shape index (κ2) is 8.06. The Morgan fingerprint density at radius 2 is 1.70 bits per heavy atom. The van der Waals surface area contributed by atoms with E-state index in [1.165, 1.54) is 0 Å². The van der Waals surface area contributed by atoms with E-state index in [0.717, 1.165) is 31.8 Å². The summed E-state index contributed by atoms with van der Waals surface area (Å²) in [7, 11) is 4.66. The molecule has 0 saturated carbocycles. The number of nitrogens with zero attached hydrogens (tertiary/aromatic N) is 1. The minimum atomic E-state index is -0.0335. The summed E-state index contributed by atoms with van der Waals surface area (Å²) in [4.78, 5) is 14.4. The van der Waals surface area contributed by atoms with Crippen molar-refractivity contribution in [2.24, 2.45) is 5.92 Å². The topological polar surface area (TPSA) is 60.0 Å². The highest BCUT2D eigenvalue weighted by atomic mass is 16.5. The van der Waals surface area contributed by atoms with E-state index < -0.39 is 0 Å². The van der Waals surface area contributed by atoms with Gasteiger partial charge in [-0.2, -0.15) is 0 Å². The SMILES string of the molecule is COc1cc(NC(=O)CN2CCC(C)CC2)cc(OC)c1OC. The lowest BCUT2D eigenvalue weighted by molar-refractivity contribution is -0.117. The van der Waals surface area contributed by atoms with Gasteiger partial charge in [0.1, 0.15) is 0 Å². The van der Waals surface area contributed by atoms with Crippen LogP contribution in [0.2, 0.25) is 0 Å². The molecule has 128 valence electrons. The van der Waals surface area contributed by atoms with Crippen molar-refractivity contribution in [1.82, 2.24) is 4.90 Å². The van der Waals surface area contributed by atoms with E-state index in [2.05, 4.69) is 17.1 Å². The molecule has 1 aromatic rings. The van der Waals surface area contributed by atoms with E-state index in [1.54, 1.807) is 33.5 Å². The number of nitrogens with one attached hydrogen (secondary N) is 1. The molecule has 1 fully saturated rings. The van der Waals surface area contributed by atoms with Gasteiger partial charge in [-0.25, -0.2) is 0 Å². The number of methoxy groups -OCH3 is 3. The molecule has 23 heavy (non-hydrogen) atoms. The first-order chi connectivity index (χ1) is 11.1. The average molecular weight is 322 g/mol. The second-order valence-electron chi connectivity index (χ2n) is 5.92. The summed E-state index contributed by atoms with van der Waals surface area (Å²) in [6, 6.07) is 3.47. The number of amides is 1. The van der Waals surface area contributed by atoms with Gasteiger partial charge in [-0.3, -0.25) is 9.69 Å². The molecule has 6 nitrogen and oxygen atoms in total. The molecule has 0 aliphatic carbocycles. The number of benzene rings is 1.